The molecule has 0 saturated carbocycles. The van der Waals surface area contributed by atoms with Crippen molar-refractivity contribution in [2.24, 2.45) is 0 Å². The molecular weight excluding hydrogens is 420 g/mol. The molecule has 1 aliphatic heterocycles. The Hall–Kier alpha value is -3.56. The highest BCUT2D eigenvalue weighted by Gasteiger charge is 2.26. The summed E-state index contributed by atoms with van der Waals surface area (Å²) in [5.41, 5.74) is 1.52. The number of ether oxygens (including phenoxy) is 1. The topological polar surface area (TPSA) is 118 Å². The monoisotopic (exact) mass is 454 g/mol. The highest BCUT2D eigenvalue weighted by atomic mass is 16.6. The van der Waals surface area contributed by atoms with E-state index in [0.717, 1.165) is 17.1 Å². The predicted molar refractivity (Wildman–Crippen MR) is 131 cm³/mol. The van der Waals surface area contributed by atoms with Gasteiger partial charge in [0.05, 0.1) is 18.1 Å². The molecule has 0 aliphatic carbocycles. The number of amides is 1. The number of hydrogen-bond donors (Lipinski definition) is 4. The summed E-state index contributed by atoms with van der Waals surface area (Å²) in [6.07, 6.45) is 3.04. The Morgan fingerprint density at radius 2 is 1.88 bits per heavy atom. The van der Waals surface area contributed by atoms with Gasteiger partial charge < -0.3 is 30.5 Å². The van der Waals surface area contributed by atoms with Gasteiger partial charge in [0, 0.05) is 32.4 Å². The predicted octanol–water partition coefficient (Wildman–Crippen LogP) is 3.24. The first-order valence-electron chi connectivity index (χ1n) is 11.1. The number of piperazine rings is 1. The fraction of sp³-hybridized carbons (Fsp3) is 0.478. The van der Waals surface area contributed by atoms with E-state index in [4.69, 9.17) is 10.1 Å². The molecule has 2 aromatic heterocycles. The third-order valence-corrected chi connectivity index (χ3v) is 5.02. The first-order chi connectivity index (χ1) is 15.6. The third-order valence-electron chi connectivity index (χ3n) is 5.02. The second-order valence-corrected chi connectivity index (χ2v) is 9.04. The maximum absolute atomic E-state index is 12.2. The smallest absolute Gasteiger partial charge is 0.410 e. The number of hydrogen-bond acceptors (Lipinski definition) is 7. The van der Waals surface area contributed by atoms with Gasteiger partial charge in [0.1, 0.15) is 17.2 Å². The minimum Gasteiger partial charge on any atom is -0.444 e. The normalized spacial score (nSPS) is 14.9. The number of aryl methyl sites for hydroxylation is 1. The van der Waals surface area contributed by atoms with Crippen molar-refractivity contribution in [1.29, 1.82) is 5.41 Å². The maximum atomic E-state index is 12.2. The lowest BCUT2D eigenvalue weighted by Crippen LogP contribution is -2.50. The molecule has 3 rings (SSSR count). The molecule has 0 aromatic carbocycles. The van der Waals surface area contributed by atoms with Crippen molar-refractivity contribution < 1.29 is 9.53 Å². The van der Waals surface area contributed by atoms with Gasteiger partial charge in [-0.3, -0.25) is 5.41 Å². The lowest BCUT2D eigenvalue weighted by molar-refractivity contribution is 0.0240. The van der Waals surface area contributed by atoms with Crippen LogP contribution in [0.2, 0.25) is 0 Å². The molecule has 1 aliphatic rings. The molecule has 10 heteroatoms. The fourth-order valence-corrected chi connectivity index (χ4v) is 3.38. The van der Waals surface area contributed by atoms with E-state index in [-0.39, 0.29) is 18.2 Å². The van der Waals surface area contributed by atoms with Crippen molar-refractivity contribution in [2.45, 2.75) is 46.4 Å². The van der Waals surface area contributed by atoms with Crippen LogP contribution in [0.15, 0.2) is 36.7 Å². The summed E-state index contributed by atoms with van der Waals surface area (Å²) in [5, 5.41) is 17.4. The number of carbonyl (C=O) groups excluding carboxylic acids is 1. The van der Waals surface area contributed by atoms with Crippen LogP contribution in [0.25, 0.3) is 0 Å². The van der Waals surface area contributed by atoms with E-state index in [1.807, 2.05) is 58.9 Å². The molecule has 33 heavy (non-hydrogen) atoms. The van der Waals surface area contributed by atoms with Crippen molar-refractivity contribution in [3.05, 3.63) is 42.2 Å². The maximum Gasteiger partial charge on any atom is 0.410 e. The number of nitrogens with one attached hydrogen (secondary N) is 4. The molecule has 4 N–H and O–H groups in total. The number of rotatable bonds is 5. The SMILES string of the molecule is Cc1cccnc1NC(C)NC(=N)Nc1ccc(N2CCN(C(=O)OC(C)(C)C)CC2)cn1. The van der Waals surface area contributed by atoms with Crippen molar-refractivity contribution in [2.75, 3.05) is 41.7 Å². The lowest BCUT2D eigenvalue weighted by Gasteiger charge is -2.36. The molecule has 0 spiro atoms. The zero-order valence-corrected chi connectivity index (χ0v) is 20.0. The standard InChI is InChI=1S/C23H34N8O2/c1-16-7-6-10-25-20(16)27-17(2)28-21(24)29-19-9-8-18(15-26-19)30-11-13-31(14-12-30)22(32)33-23(3,4)5/h6-10,15,17H,11-14H2,1-5H3,(H,25,27)(H3,24,26,28,29). The number of nitrogens with zero attached hydrogens (tertiary/aromatic N) is 4. The summed E-state index contributed by atoms with van der Waals surface area (Å²) in [6.45, 7) is 12.1. The summed E-state index contributed by atoms with van der Waals surface area (Å²) in [7, 11) is 0. The molecular formula is C23H34N8O2. The molecule has 1 unspecified atom stereocenters. The zero-order valence-electron chi connectivity index (χ0n) is 20.0. The van der Waals surface area contributed by atoms with Gasteiger partial charge in [-0.2, -0.15) is 0 Å². The Labute approximate surface area is 195 Å². The van der Waals surface area contributed by atoms with Gasteiger partial charge in [0.25, 0.3) is 0 Å². The lowest BCUT2D eigenvalue weighted by atomic mass is 10.2. The largest absolute Gasteiger partial charge is 0.444 e. The van der Waals surface area contributed by atoms with Gasteiger partial charge in [0.15, 0.2) is 5.96 Å². The van der Waals surface area contributed by atoms with Crippen LogP contribution in [0, 0.1) is 12.3 Å². The quantitative estimate of drug-likeness (QED) is 0.309. The Balaban J connectivity index is 1.46. The molecule has 1 atom stereocenters. The van der Waals surface area contributed by atoms with Crippen LogP contribution in [0.5, 0.6) is 0 Å². The fourth-order valence-electron chi connectivity index (χ4n) is 3.38. The van der Waals surface area contributed by atoms with Crippen LogP contribution in [0.3, 0.4) is 0 Å². The highest BCUT2D eigenvalue weighted by molar-refractivity contribution is 5.90. The second kappa shape index (κ2) is 10.4. The zero-order chi connectivity index (χ0) is 24.0. The Morgan fingerprint density at radius 3 is 2.48 bits per heavy atom. The Bertz CT molecular complexity index is 950. The molecule has 1 saturated heterocycles. The summed E-state index contributed by atoms with van der Waals surface area (Å²) >= 11 is 0. The summed E-state index contributed by atoms with van der Waals surface area (Å²) in [4.78, 5) is 24.9. The molecule has 0 radical (unpaired) electrons. The van der Waals surface area contributed by atoms with Crippen LogP contribution in [0.4, 0.5) is 22.1 Å². The molecule has 0 bridgehead atoms. The molecule has 1 amide bonds. The van der Waals surface area contributed by atoms with Crippen LogP contribution < -0.4 is 20.9 Å². The van der Waals surface area contributed by atoms with Crippen molar-refractivity contribution in [1.82, 2.24) is 20.2 Å². The minimum atomic E-state index is -0.491. The van der Waals surface area contributed by atoms with Gasteiger partial charge in [0.2, 0.25) is 0 Å². The van der Waals surface area contributed by atoms with Gasteiger partial charge in [-0.1, -0.05) is 6.07 Å². The van der Waals surface area contributed by atoms with E-state index >= 15 is 0 Å². The van der Waals surface area contributed by atoms with E-state index in [1.54, 1.807) is 17.3 Å². The number of pyridine rings is 2. The third kappa shape index (κ3) is 7.23. The van der Waals surface area contributed by atoms with Crippen LogP contribution in [-0.2, 0) is 4.74 Å². The summed E-state index contributed by atoms with van der Waals surface area (Å²) in [6, 6.07) is 7.67. The van der Waals surface area contributed by atoms with Crippen LogP contribution >= 0.6 is 0 Å². The number of aromatic nitrogens is 2. The first kappa shape index (κ1) is 24.1. The van der Waals surface area contributed by atoms with Gasteiger partial charge in [-0.25, -0.2) is 14.8 Å². The van der Waals surface area contributed by atoms with Crippen LogP contribution in [-0.4, -0.2) is 64.9 Å². The van der Waals surface area contributed by atoms with E-state index in [9.17, 15) is 4.79 Å². The van der Waals surface area contributed by atoms with Gasteiger partial charge in [-0.05, 0) is 58.4 Å². The molecule has 1 fully saturated rings. The second-order valence-electron chi connectivity index (χ2n) is 9.04. The van der Waals surface area contributed by atoms with Crippen LogP contribution in [0.1, 0.15) is 33.3 Å². The van der Waals surface area contributed by atoms with E-state index < -0.39 is 5.60 Å². The Morgan fingerprint density at radius 1 is 1.15 bits per heavy atom. The van der Waals surface area contributed by atoms with Crippen molar-refractivity contribution >= 4 is 29.4 Å². The van der Waals surface area contributed by atoms with E-state index in [1.165, 1.54) is 0 Å². The minimum absolute atomic E-state index is 0.134. The summed E-state index contributed by atoms with van der Waals surface area (Å²) in [5.74, 6) is 1.49. The molecule has 3 heterocycles. The molecule has 10 nitrogen and oxygen atoms in total. The highest BCUT2D eigenvalue weighted by Crippen LogP contribution is 2.18. The van der Waals surface area contributed by atoms with Crippen molar-refractivity contribution in [3.63, 3.8) is 0 Å². The van der Waals surface area contributed by atoms with Gasteiger partial charge in [-0.15, -0.1) is 0 Å². The number of guanidine groups is 1. The number of anilines is 3. The average molecular weight is 455 g/mol. The van der Waals surface area contributed by atoms with Gasteiger partial charge >= 0.3 is 6.09 Å². The molecule has 178 valence electrons. The average Bonchev–Trinajstić information content (AvgIpc) is 2.75. The van der Waals surface area contributed by atoms with E-state index in [0.29, 0.717) is 32.0 Å². The van der Waals surface area contributed by atoms with Crippen molar-refractivity contribution in [3.8, 4) is 0 Å². The number of carbonyl (C=O) groups is 1. The molecule has 2 aromatic rings. The summed E-state index contributed by atoms with van der Waals surface area (Å²) < 4.78 is 5.45. The Kier molecular flexibility index (Phi) is 7.57. The first-order valence-corrected chi connectivity index (χ1v) is 11.1. The van der Waals surface area contributed by atoms with E-state index in [2.05, 4.69) is 30.8 Å².